The Kier molecular flexibility index (Phi) is 3.98. The number of anilines is 1. The van der Waals surface area contributed by atoms with E-state index >= 15 is 0 Å². The minimum atomic E-state index is -0.199. The lowest BCUT2D eigenvalue weighted by Crippen LogP contribution is -2.54. The van der Waals surface area contributed by atoms with Gasteiger partial charge in [0.15, 0.2) is 0 Å². The van der Waals surface area contributed by atoms with Crippen LogP contribution in [0.25, 0.3) is 10.6 Å². The van der Waals surface area contributed by atoms with Gasteiger partial charge in [-0.2, -0.15) is 0 Å². The van der Waals surface area contributed by atoms with Crippen molar-refractivity contribution < 1.29 is 9.53 Å². The van der Waals surface area contributed by atoms with Gasteiger partial charge in [-0.25, -0.2) is 0 Å². The van der Waals surface area contributed by atoms with Crippen molar-refractivity contribution in [1.82, 2.24) is 15.1 Å². The summed E-state index contributed by atoms with van der Waals surface area (Å²) < 4.78 is 5.16. The monoisotopic (exact) mass is 318 g/mol. The number of carbonyl (C=O) groups is 1. The Balaban J connectivity index is 1.82. The molecule has 1 aromatic heterocycles. The van der Waals surface area contributed by atoms with Crippen molar-refractivity contribution in [1.29, 1.82) is 0 Å². The molecule has 3 rings (SSSR count). The van der Waals surface area contributed by atoms with Crippen LogP contribution in [0.15, 0.2) is 24.3 Å². The molecule has 0 N–H and O–H groups in total. The van der Waals surface area contributed by atoms with Gasteiger partial charge < -0.3 is 14.5 Å². The van der Waals surface area contributed by atoms with Crippen molar-refractivity contribution in [2.75, 3.05) is 32.1 Å². The Morgan fingerprint density at radius 3 is 2.64 bits per heavy atom. The number of nitrogens with zero attached hydrogens (tertiary/aromatic N) is 4. The Labute approximate surface area is 133 Å². The van der Waals surface area contributed by atoms with Crippen LogP contribution in [0, 0.1) is 0 Å². The van der Waals surface area contributed by atoms with Crippen LogP contribution < -0.4 is 9.64 Å². The van der Waals surface area contributed by atoms with E-state index in [0.29, 0.717) is 6.54 Å². The van der Waals surface area contributed by atoms with Gasteiger partial charge in [0.25, 0.3) is 0 Å². The standard InChI is InChI=1S/C15H18N4O2S/c1-10-14(20)18(2)8-9-19(10)15-17-16-13(22-15)11-4-6-12(21-3)7-5-11/h4-7,10H,8-9H2,1-3H3. The first-order valence-corrected chi connectivity index (χ1v) is 7.91. The quantitative estimate of drug-likeness (QED) is 0.865. The van der Waals surface area contributed by atoms with Crippen LogP contribution in [0.2, 0.25) is 0 Å². The van der Waals surface area contributed by atoms with Gasteiger partial charge in [-0.3, -0.25) is 4.79 Å². The maximum Gasteiger partial charge on any atom is 0.244 e. The number of aromatic nitrogens is 2. The minimum absolute atomic E-state index is 0.118. The largest absolute Gasteiger partial charge is 0.497 e. The predicted molar refractivity (Wildman–Crippen MR) is 86.3 cm³/mol. The van der Waals surface area contributed by atoms with E-state index in [9.17, 15) is 4.79 Å². The number of hydrogen-bond donors (Lipinski definition) is 0. The zero-order valence-corrected chi connectivity index (χ0v) is 13.6. The van der Waals surface area contributed by atoms with Gasteiger partial charge in [0.05, 0.1) is 7.11 Å². The smallest absolute Gasteiger partial charge is 0.244 e. The fourth-order valence-corrected chi connectivity index (χ4v) is 3.41. The Morgan fingerprint density at radius 1 is 1.23 bits per heavy atom. The van der Waals surface area contributed by atoms with Gasteiger partial charge in [-0.15, -0.1) is 10.2 Å². The molecule has 1 amide bonds. The van der Waals surface area contributed by atoms with Gasteiger partial charge in [-0.05, 0) is 31.2 Å². The molecule has 0 spiro atoms. The molecular weight excluding hydrogens is 300 g/mol. The van der Waals surface area contributed by atoms with Crippen LogP contribution in [0.1, 0.15) is 6.92 Å². The topological polar surface area (TPSA) is 58.6 Å². The first-order chi connectivity index (χ1) is 10.6. The van der Waals surface area contributed by atoms with Gasteiger partial charge in [-0.1, -0.05) is 11.3 Å². The minimum Gasteiger partial charge on any atom is -0.497 e. The summed E-state index contributed by atoms with van der Waals surface area (Å²) in [5.41, 5.74) is 0.998. The first-order valence-electron chi connectivity index (χ1n) is 7.09. The highest BCUT2D eigenvalue weighted by Gasteiger charge is 2.31. The number of rotatable bonds is 3. The van der Waals surface area contributed by atoms with E-state index < -0.39 is 0 Å². The summed E-state index contributed by atoms with van der Waals surface area (Å²) in [6.07, 6.45) is 0. The highest BCUT2D eigenvalue weighted by Crippen LogP contribution is 2.31. The van der Waals surface area contributed by atoms with E-state index in [1.807, 2.05) is 43.1 Å². The number of amides is 1. The number of hydrogen-bond acceptors (Lipinski definition) is 6. The van der Waals surface area contributed by atoms with Gasteiger partial charge >= 0.3 is 0 Å². The number of ether oxygens (including phenoxy) is 1. The van der Waals surface area contributed by atoms with Crippen molar-refractivity contribution >= 4 is 22.4 Å². The third kappa shape index (κ3) is 2.64. The fraction of sp³-hybridized carbons (Fsp3) is 0.400. The van der Waals surface area contributed by atoms with Crippen molar-refractivity contribution in [3.63, 3.8) is 0 Å². The third-order valence-electron chi connectivity index (χ3n) is 3.87. The molecule has 1 saturated heterocycles. The van der Waals surface area contributed by atoms with Crippen molar-refractivity contribution in [3.8, 4) is 16.3 Å². The van der Waals surface area contributed by atoms with Crippen LogP contribution >= 0.6 is 11.3 Å². The molecule has 2 heterocycles. The molecule has 1 aromatic carbocycles. The molecule has 0 bridgehead atoms. The normalized spacial score (nSPS) is 18.7. The second-order valence-electron chi connectivity index (χ2n) is 5.25. The molecule has 1 aliphatic rings. The summed E-state index contributed by atoms with van der Waals surface area (Å²) in [7, 11) is 3.48. The maximum absolute atomic E-state index is 12.1. The van der Waals surface area contributed by atoms with E-state index in [-0.39, 0.29) is 11.9 Å². The Hall–Kier alpha value is -2.15. The van der Waals surface area contributed by atoms with Crippen LogP contribution in [0.3, 0.4) is 0 Å². The van der Waals surface area contributed by atoms with Crippen molar-refractivity contribution in [2.24, 2.45) is 0 Å². The summed E-state index contributed by atoms with van der Waals surface area (Å²) in [5.74, 6) is 0.930. The number of likely N-dealkylation sites (N-methyl/N-ethyl adjacent to an activating group) is 1. The van der Waals surface area contributed by atoms with Crippen LogP contribution in [-0.4, -0.2) is 54.3 Å². The third-order valence-corrected chi connectivity index (χ3v) is 4.88. The average Bonchev–Trinajstić information content (AvgIpc) is 3.02. The lowest BCUT2D eigenvalue weighted by Gasteiger charge is -2.36. The molecule has 1 aliphatic heterocycles. The van der Waals surface area contributed by atoms with E-state index in [1.54, 1.807) is 12.0 Å². The zero-order chi connectivity index (χ0) is 15.7. The fourth-order valence-electron chi connectivity index (χ4n) is 2.46. The molecule has 116 valence electrons. The van der Waals surface area contributed by atoms with Gasteiger partial charge in [0, 0.05) is 25.7 Å². The van der Waals surface area contributed by atoms with E-state index in [2.05, 4.69) is 10.2 Å². The first kappa shape index (κ1) is 14.8. The van der Waals surface area contributed by atoms with Crippen LogP contribution in [0.4, 0.5) is 5.13 Å². The van der Waals surface area contributed by atoms with Gasteiger partial charge in [0.2, 0.25) is 11.0 Å². The molecule has 2 aromatic rings. The van der Waals surface area contributed by atoms with E-state index in [1.165, 1.54) is 11.3 Å². The molecule has 1 atom stereocenters. The van der Waals surface area contributed by atoms with E-state index in [4.69, 9.17) is 4.74 Å². The molecule has 0 radical (unpaired) electrons. The lowest BCUT2D eigenvalue weighted by atomic mass is 10.2. The summed E-state index contributed by atoms with van der Waals surface area (Å²) in [6.45, 7) is 3.40. The molecule has 1 fully saturated rings. The number of piperazine rings is 1. The summed E-state index contributed by atoms with van der Waals surface area (Å²) in [4.78, 5) is 15.9. The van der Waals surface area contributed by atoms with Gasteiger partial charge in [0.1, 0.15) is 16.8 Å². The zero-order valence-electron chi connectivity index (χ0n) is 12.8. The molecule has 0 saturated carbocycles. The highest BCUT2D eigenvalue weighted by molar-refractivity contribution is 7.18. The molecule has 0 aliphatic carbocycles. The molecule has 1 unspecified atom stereocenters. The predicted octanol–water partition coefficient (Wildman–Crippen LogP) is 1.88. The number of carbonyl (C=O) groups excluding carboxylic acids is 1. The van der Waals surface area contributed by atoms with Crippen LogP contribution in [-0.2, 0) is 4.79 Å². The highest BCUT2D eigenvalue weighted by atomic mass is 32.1. The second kappa shape index (κ2) is 5.92. The average molecular weight is 318 g/mol. The Bertz CT molecular complexity index is 670. The number of benzene rings is 1. The molecule has 7 heteroatoms. The van der Waals surface area contributed by atoms with Crippen molar-refractivity contribution in [2.45, 2.75) is 13.0 Å². The molecule has 22 heavy (non-hydrogen) atoms. The van der Waals surface area contributed by atoms with E-state index in [0.717, 1.165) is 28.0 Å². The Morgan fingerprint density at radius 2 is 1.95 bits per heavy atom. The van der Waals surface area contributed by atoms with Crippen LogP contribution in [0.5, 0.6) is 5.75 Å². The summed E-state index contributed by atoms with van der Waals surface area (Å²) >= 11 is 1.51. The summed E-state index contributed by atoms with van der Waals surface area (Å²) in [6, 6.07) is 7.52. The second-order valence-corrected chi connectivity index (χ2v) is 6.20. The number of methoxy groups -OCH3 is 1. The van der Waals surface area contributed by atoms with Crippen molar-refractivity contribution in [3.05, 3.63) is 24.3 Å². The lowest BCUT2D eigenvalue weighted by molar-refractivity contribution is -0.132. The maximum atomic E-state index is 12.1. The summed E-state index contributed by atoms with van der Waals surface area (Å²) in [5, 5.41) is 10.2. The molecule has 6 nitrogen and oxygen atoms in total. The molecular formula is C15H18N4O2S. The SMILES string of the molecule is COc1ccc(-c2nnc(N3CCN(C)C(=O)C3C)s2)cc1.